The average Bonchev–Trinajstić information content (AvgIpc) is 2.65. The van der Waals surface area contributed by atoms with E-state index in [2.05, 4.69) is 13.3 Å². The molecule has 0 heterocycles. The van der Waals surface area contributed by atoms with Gasteiger partial charge in [-0.3, -0.25) is 0 Å². The van der Waals surface area contributed by atoms with Crippen molar-refractivity contribution < 1.29 is 70.4 Å². The monoisotopic (exact) mass is 524 g/mol. The molecular formula is C15H21F13O3Si. The molecule has 0 amide bonds. The van der Waals surface area contributed by atoms with Gasteiger partial charge in [-0.2, -0.15) is 57.1 Å². The number of alkyl halides is 13. The van der Waals surface area contributed by atoms with Crippen LogP contribution in [0.15, 0.2) is 0 Å². The van der Waals surface area contributed by atoms with E-state index in [0.717, 1.165) is 0 Å². The van der Waals surface area contributed by atoms with Gasteiger partial charge in [-0.05, 0) is 19.3 Å². The number of hydrogen-bond acceptors (Lipinski definition) is 3. The van der Waals surface area contributed by atoms with Crippen LogP contribution in [0.5, 0.6) is 0 Å². The van der Waals surface area contributed by atoms with E-state index in [9.17, 15) is 57.1 Å². The van der Waals surface area contributed by atoms with E-state index in [1.807, 2.05) is 0 Å². The van der Waals surface area contributed by atoms with E-state index >= 15 is 0 Å². The molecule has 194 valence electrons. The van der Waals surface area contributed by atoms with Gasteiger partial charge in [0.15, 0.2) is 0 Å². The van der Waals surface area contributed by atoms with Gasteiger partial charge in [-0.15, -0.1) is 0 Å². The molecule has 0 N–H and O–H groups in total. The van der Waals surface area contributed by atoms with Crippen LogP contribution in [-0.4, -0.2) is 64.0 Å². The molecule has 0 rings (SSSR count). The summed E-state index contributed by atoms with van der Waals surface area (Å²) in [6.45, 7) is 1.02. The summed E-state index contributed by atoms with van der Waals surface area (Å²) in [6, 6.07) is 0. The van der Waals surface area contributed by atoms with Crippen LogP contribution in [-0.2, 0) is 13.3 Å². The summed E-state index contributed by atoms with van der Waals surface area (Å²) in [5.41, 5.74) is -6.55. The molecule has 0 fully saturated rings. The lowest BCUT2D eigenvalue weighted by molar-refractivity contribution is -0.436. The van der Waals surface area contributed by atoms with Crippen LogP contribution in [0.3, 0.4) is 0 Å². The Morgan fingerprint density at radius 1 is 0.469 bits per heavy atom. The van der Waals surface area contributed by atoms with Crippen LogP contribution < -0.4 is 0 Å². The summed E-state index contributed by atoms with van der Waals surface area (Å²) in [7, 11) is -6.44. The normalized spacial score (nSPS) is 15.4. The summed E-state index contributed by atoms with van der Waals surface area (Å²) < 4.78 is 189. The van der Waals surface area contributed by atoms with Crippen molar-refractivity contribution in [2.45, 2.75) is 75.4 Å². The minimum absolute atomic E-state index is 0.222. The average molecular weight is 524 g/mol. The lowest BCUT2D eigenvalue weighted by atomic mass is 9.98. The molecule has 0 aliphatic carbocycles. The van der Waals surface area contributed by atoms with Crippen LogP contribution in [0.4, 0.5) is 57.1 Å². The fourth-order valence-corrected chi connectivity index (χ4v) is 4.82. The first-order chi connectivity index (χ1) is 14.2. The van der Waals surface area contributed by atoms with Crippen molar-refractivity contribution in [1.82, 2.24) is 0 Å². The Morgan fingerprint density at radius 2 is 0.750 bits per heavy atom. The molecule has 0 aromatic rings. The van der Waals surface area contributed by atoms with Crippen molar-refractivity contribution in [2.75, 3.05) is 19.8 Å². The zero-order chi connectivity index (χ0) is 25.9. The molecule has 0 aromatic carbocycles. The second kappa shape index (κ2) is 10.2. The van der Waals surface area contributed by atoms with Crippen LogP contribution in [0.25, 0.3) is 0 Å². The molecule has 3 nitrogen and oxygen atoms in total. The van der Waals surface area contributed by atoms with Crippen LogP contribution in [0.2, 0.25) is 0 Å². The third-order valence-corrected chi connectivity index (χ3v) is 6.64. The van der Waals surface area contributed by atoms with Crippen molar-refractivity contribution in [2.24, 2.45) is 0 Å². The van der Waals surface area contributed by atoms with Gasteiger partial charge in [0, 0.05) is 19.8 Å². The van der Waals surface area contributed by atoms with E-state index in [0.29, 0.717) is 0 Å². The van der Waals surface area contributed by atoms with Crippen molar-refractivity contribution >= 4 is 8.80 Å². The van der Waals surface area contributed by atoms with Gasteiger partial charge >= 0.3 is 44.2 Å². The second-order valence-corrected chi connectivity index (χ2v) is 9.08. The van der Waals surface area contributed by atoms with E-state index < -0.39 is 64.0 Å². The summed E-state index contributed by atoms with van der Waals surface area (Å²) in [4.78, 5) is 0. The van der Waals surface area contributed by atoms with Crippen molar-refractivity contribution in [3.8, 4) is 0 Å². The lowest BCUT2D eigenvalue weighted by Crippen LogP contribution is -2.77. The summed E-state index contributed by atoms with van der Waals surface area (Å²) in [5.74, 6) is -31.3. The number of rotatable bonds is 14. The largest absolute Gasteiger partial charge is 0.582 e. The SMILES string of the molecule is CCCO[Si](OCCC)(OCCC)C(F)(F)C(F)(F)C(F)(F)C(F)(F)C(F)(F)C(F)(F)F. The molecule has 0 radical (unpaired) electrons. The first kappa shape index (κ1) is 31.2. The predicted octanol–water partition coefficient (Wildman–Crippen LogP) is 6.48. The Labute approximate surface area is 175 Å². The van der Waals surface area contributed by atoms with Crippen LogP contribution in [0, 0.1) is 0 Å². The maximum absolute atomic E-state index is 14.8. The molecule has 0 bridgehead atoms. The van der Waals surface area contributed by atoms with Gasteiger partial charge in [0.05, 0.1) is 0 Å². The van der Waals surface area contributed by atoms with Gasteiger partial charge in [-0.1, -0.05) is 20.8 Å². The van der Waals surface area contributed by atoms with Crippen molar-refractivity contribution in [3.63, 3.8) is 0 Å². The smallest absolute Gasteiger partial charge is 0.370 e. The fourth-order valence-electron chi connectivity index (χ4n) is 2.07. The maximum atomic E-state index is 14.8. The van der Waals surface area contributed by atoms with Crippen molar-refractivity contribution in [1.29, 1.82) is 0 Å². The Hall–Kier alpha value is -0.813. The summed E-state index contributed by atoms with van der Waals surface area (Å²) in [6.07, 6.45) is -8.14. The molecule has 0 aliphatic heterocycles. The first-order valence-corrected chi connectivity index (χ1v) is 10.8. The predicted molar refractivity (Wildman–Crippen MR) is 85.3 cm³/mol. The maximum Gasteiger partial charge on any atom is 0.582 e. The number of halogens is 13. The van der Waals surface area contributed by atoms with E-state index in [1.165, 1.54) is 20.8 Å². The molecule has 0 aliphatic rings. The highest BCUT2D eigenvalue weighted by atomic mass is 28.4. The summed E-state index contributed by atoms with van der Waals surface area (Å²) >= 11 is 0. The van der Waals surface area contributed by atoms with Gasteiger partial charge in [0.1, 0.15) is 0 Å². The third kappa shape index (κ3) is 4.99. The second-order valence-electron chi connectivity index (χ2n) is 6.47. The molecular weight excluding hydrogens is 503 g/mol. The Morgan fingerprint density at radius 3 is 1.00 bits per heavy atom. The van der Waals surface area contributed by atoms with Gasteiger partial charge in [0.2, 0.25) is 0 Å². The molecule has 32 heavy (non-hydrogen) atoms. The summed E-state index contributed by atoms with van der Waals surface area (Å²) in [5, 5.41) is 0. The van der Waals surface area contributed by atoms with Crippen LogP contribution in [0.1, 0.15) is 40.0 Å². The third-order valence-electron chi connectivity index (χ3n) is 3.81. The Kier molecular flexibility index (Phi) is 9.95. The first-order valence-electron chi connectivity index (χ1n) is 9.06. The van der Waals surface area contributed by atoms with Gasteiger partial charge in [-0.25, -0.2) is 0 Å². The van der Waals surface area contributed by atoms with E-state index in [1.54, 1.807) is 0 Å². The molecule has 0 spiro atoms. The van der Waals surface area contributed by atoms with E-state index in [4.69, 9.17) is 0 Å². The molecule has 0 atom stereocenters. The highest BCUT2D eigenvalue weighted by molar-refractivity contribution is 6.63. The highest BCUT2D eigenvalue weighted by Crippen LogP contribution is 2.61. The van der Waals surface area contributed by atoms with Crippen LogP contribution >= 0.6 is 0 Å². The molecule has 0 saturated carbocycles. The van der Waals surface area contributed by atoms with Gasteiger partial charge in [0.25, 0.3) is 0 Å². The molecule has 0 aromatic heterocycles. The lowest BCUT2D eigenvalue weighted by Gasteiger charge is -2.43. The molecule has 17 heteroatoms. The molecule has 0 unspecified atom stereocenters. The standard InChI is InChI=1S/C15H21F13O3Si/c1-4-7-29-32(30-8-5-2,31-9-6-3)15(27,28)13(22,23)11(18,19)10(16,17)12(20,21)14(24,25)26/h4-9H2,1-3H3. The minimum atomic E-state index is -7.99. The quantitative estimate of drug-likeness (QED) is 0.192. The highest BCUT2D eigenvalue weighted by Gasteiger charge is 2.94. The Bertz CT molecular complexity index is 562. The minimum Gasteiger partial charge on any atom is -0.370 e. The van der Waals surface area contributed by atoms with Crippen molar-refractivity contribution in [3.05, 3.63) is 0 Å². The number of hydrogen-bond donors (Lipinski definition) is 0. The molecule has 0 saturated heterocycles. The fraction of sp³-hybridized carbons (Fsp3) is 1.00. The zero-order valence-electron chi connectivity index (χ0n) is 16.9. The zero-order valence-corrected chi connectivity index (χ0v) is 17.9. The Balaban J connectivity index is 6.81. The topological polar surface area (TPSA) is 27.7 Å². The van der Waals surface area contributed by atoms with Gasteiger partial charge < -0.3 is 13.3 Å². The van der Waals surface area contributed by atoms with E-state index in [-0.39, 0.29) is 19.3 Å².